The highest BCUT2D eigenvalue weighted by Gasteiger charge is 2.36. The van der Waals surface area contributed by atoms with E-state index in [4.69, 9.17) is 32.7 Å². The van der Waals surface area contributed by atoms with Crippen molar-refractivity contribution in [1.82, 2.24) is 10.2 Å². The second-order valence-corrected chi connectivity index (χ2v) is 14.6. The van der Waals surface area contributed by atoms with Gasteiger partial charge in [-0.15, -0.1) is 0 Å². The molecule has 2 amide bonds. The highest BCUT2D eigenvalue weighted by Crippen LogP contribution is 2.33. The van der Waals surface area contributed by atoms with E-state index in [-0.39, 0.29) is 41.2 Å². The lowest BCUT2D eigenvalue weighted by Crippen LogP contribution is -2.54. The van der Waals surface area contributed by atoms with Crippen LogP contribution in [0.3, 0.4) is 0 Å². The van der Waals surface area contributed by atoms with E-state index in [1.165, 1.54) is 49.5 Å². The molecule has 4 aromatic rings. The summed E-state index contributed by atoms with van der Waals surface area (Å²) < 4.78 is 40.5. The first kappa shape index (κ1) is 36.0. The van der Waals surface area contributed by atoms with E-state index in [9.17, 15) is 18.0 Å². The second-order valence-electron chi connectivity index (χ2n) is 11.9. The number of hydrogen-bond donors (Lipinski definition) is 1. The predicted octanol–water partition coefficient (Wildman–Crippen LogP) is 6.90. The third kappa shape index (κ3) is 9.06. The number of benzene rings is 4. The zero-order valence-electron chi connectivity index (χ0n) is 27.4. The summed E-state index contributed by atoms with van der Waals surface area (Å²) in [5, 5.41) is 4.04. The number of nitrogens with zero attached hydrogens (tertiary/aromatic N) is 2. The van der Waals surface area contributed by atoms with E-state index in [1.54, 1.807) is 30.3 Å². The van der Waals surface area contributed by atoms with Gasteiger partial charge in [0.1, 0.15) is 12.6 Å². The molecule has 0 bridgehead atoms. The smallest absolute Gasteiger partial charge is 0.264 e. The van der Waals surface area contributed by atoms with Crippen molar-refractivity contribution in [3.05, 3.63) is 118 Å². The number of anilines is 1. The molecule has 0 spiro atoms. The fourth-order valence-electron chi connectivity index (χ4n) is 5.99. The van der Waals surface area contributed by atoms with Crippen molar-refractivity contribution in [1.29, 1.82) is 0 Å². The van der Waals surface area contributed by atoms with Gasteiger partial charge in [0.2, 0.25) is 11.8 Å². The third-order valence-corrected chi connectivity index (χ3v) is 10.8. The molecule has 1 unspecified atom stereocenters. The normalized spacial score (nSPS) is 13.8. The largest absolute Gasteiger partial charge is 0.493 e. The Labute approximate surface area is 297 Å². The molecular formula is C37H39Cl2N3O6S. The molecular weight excluding hydrogens is 685 g/mol. The molecule has 0 aliphatic heterocycles. The van der Waals surface area contributed by atoms with Crippen LogP contribution in [0.5, 0.6) is 11.5 Å². The van der Waals surface area contributed by atoms with Gasteiger partial charge in [-0.2, -0.15) is 0 Å². The van der Waals surface area contributed by atoms with Gasteiger partial charge < -0.3 is 19.7 Å². The van der Waals surface area contributed by atoms with E-state index < -0.39 is 28.5 Å². The van der Waals surface area contributed by atoms with Crippen LogP contribution in [0.25, 0.3) is 0 Å². The van der Waals surface area contributed by atoms with Gasteiger partial charge in [-0.25, -0.2) is 8.42 Å². The summed E-state index contributed by atoms with van der Waals surface area (Å²) in [4.78, 5) is 30.2. The van der Waals surface area contributed by atoms with Crippen molar-refractivity contribution in [3.63, 3.8) is 0 Å². The Morgan fingerprint density at radius 1 is 0.816 bits per heavy atom. The van der Waals surface area contributed by atoms with Crippen LogP contribution in [-0.4, -0.2) is 58.0 Å². The van der Waals surface area contributed by atoms with Crippen molar-refractivity contribution < 1.29 is 27.5 Å². The van der Waals surface area contributed by atoms with Gasteiger partial charge in [-0.1, -0.05) is 78.5 Å². The molecule has 4 aromatic carbocycles. The first-order chi connectivity index (χ1) is 23.6. The lowest BCUT2D eigenvalue weighted by molar-refractivity contribution is -0.140. The fourth-order valence-corrected chi connectivity index (χ4v) is 7.76. The summed E-state index contributed by atoms with van der Waals surface area (Å²) in [6.45, 7) is -0.597. The first-order valence-corrected chi connectivity index (χ1v) is 18.2. The molecule has 0 heterocycles. The van der Waals surface area contributed by atoms with Crippen molar-refractivity contribution in [2.75, 3.05) is 25.1 Å². The molecule has 0 aromatic heterocycles. The summed E-state index contributed by atoms with van der Waals surface area (Å²) in [6, 6.07) is 25.9. The Kier molecular flexibility index (Phi) is 12.1. The summed E-state index contributed by atoms with van der Waals surface area (Å²) in [6.07, 6.45) is 3.97. The summed E-state index contributed by atoms with van der Waals surface area (Å²) in [5.41, 5.74) is 1.75. The lowest BCUT2D eigenvalue weighted by Gasteiger charge is -2.34. The van der Waals surface area contributed by atoms with Crippen LogP contribution >= 0.6 is 23.2 Å². The average Bonchev–Trinajstić information content (AvgIpc) is 3.62. The number of carbonyl (C=O) groups is 2. The zero-order chi connectivity index (χ0) is 35.0. The van der Waals surface area contributed by atoms with Crippen LogP contribution in [0.15, 0.2) is 102 Å². The van der Waals surface area contributed by atoms with E-state index in [0.29, 0.717) is 21.4 Å². The zero-order valence-corrected chi connectivity index (χ0v) is 29.7. The molecule has 1 atom stereocenters. The first-order valence-electron chi connectivity index (χ1n) is 16.0. The van der Waals surface area contributed by atoms with Crippen LogP contribution in [0.2, 0.25) is 10.0 Å². The Bertz CT molecular complexity index is 1850. The number of methoxy groups -OCH3 is 2. The second kappa shape index (κ2) is 16.4. The van der Waals surface area contributed by atoms with Gasteiger partial charge in [-0.3, -0.25) is 13.9 Å². The fraction of sp³-hybridized carbons (Fsp3) is 0.297. The molecule has 1 fully saturated rings. The van der Waals surface area contributed by atoms with Crippen LogP contribution in [0.1, 0.15) is 36.8 Å². The summed E-state index contributed by atoms with van der Waals surface area (Å²) in [5.74, 6) is -0.325. The maximum absolute atomic E-state index is 14.7. The van der Waals surface area contributed by atoms with Gasteiger partial charge in [0, 0.05) is 35.1 Å². The molecule has 1 N–H and O–H groups in total. The topological polar surface area (TPSA) is 105 Å². The third-order valence-electron chi connectivity index (χ3n) is 8.55. The average molecular weight is 725 g/mol. The molecule has 0 saturated heterocycles. The van der Waals surface area contributed by atoms with Crippen LogP contribution in [0.4, 0.5) is 5.69 Å². The SMILES string of the molecule is COc1ccc(S(=O)(=O)N(CC(=O)N(Cc2cccc(Cl)c2)C(Cc2ccccc2)C(=O)NC2CCCC2)c2ccc(Cl)cc2)cc1OC. The number of halogens is 2. The van der Waals surface area contributed by atoms with E-state index >= 15 is 0 Å². The Hall–Kier alpha value is -4.25. The number of ether oxygens (including phenoxy) is 2. The molecule has 258 valence electrons. The molecule has 9 nitrogen and oxygen atoms in total. The Balaban J connectivity index is 1.58. The maximum atomic E-state index is 14.7. The number of carbonyl (C=O) groups excluding carboxylic acids is 2. The molecule has 0 radical (unpaired) electrons. The van der Waals surface area contributed by atoms with Gasteiger partial charge in [0.25, 0.3) is 10.0 Å². The van der Waals surface area contributed by atoms with Crippen molar-refractivity contribution >= 4 is 50.7 Å². The Morgan fingerprint density at radius 2 is 1.49 bits per heavy atom. The van der Waals surface area contributed by atoms with Crippen molar-refractivity contribution in [2.45, 2.75) is 55.6 Å². The standard InChI is InChI=1S/C37H39Cl2N3O6S/c1-47-34-20-19-32(23-35(34)48-2)49(45,46)42(31-17-15-28(38)16-18-31)25-36(43)41(24-27-11-8-12-29(39)21-27)33(22-26-9-4-3-5-10-26)37(44)40-30-13-6-7-14-30/h3-5,8-12,15-21,23,30,33H,6-7,13-14,22,24-25H2,1-2H3,(H,40,44). The number of hydrogen-bond acceptors (Lipinski definition) is 6. The molecule has 12 heteroatoms. The van der Waals surface area contributed by atoms with Crippen molar-refractivity contribution in [3.8, 4) is 11.5 Å². The summed E-state index contributed by atoms with van der Waals surface area (Å²) in [7, 11) is -1.51. The molecule has 5 rings (SSSR count). The van der Waals surface area contributed by atoms with Crippen LogP contribution < -0.4 is 19.1 Å². The summed E-state index contributed by atoms with van der Waals surface area (Å²) >= 11 is 12.5. The Morgan fingerprint density at radius 3 is 2.14 bits per heavy atom. The monoisotopic (exact) mass is 723 g/mol. The quantitative estimate of drug-likeness (QED) is 0.152. The van der Waals surface area contributed by atoms with E-state index in [1.807, 2.05) is 36.4 Å². The molecule has 1 aliphatic rings. The number of sulfonamides is 1. The number of amides is 2. The molecule has 49 heavy (non-hydrogen) atoms. The number of rotatable bonds is 14. The molecule has 1 saturated carbocycles. The van der Waals surface area contributed by atoms with Crippen molar-refractivity contribution in [2.24, 2.45) is 0 Å². The van der Waals surface area contributed by atoms with Crippen LogP contribution in [-0.2, 0) is 32.6 Å². The highest BCUT2D eigenvalue weighted by atomic mass is 35.5. The predicted molar refractivity (Wildman–Crippen MR) is 192 cm³/mol. The van der Waals surface area contributed by atoms with Gasteiger partial charge in [-0.05, 0) is 72.5 Å². The van der Waals surface area contributed by atoms with Crippen LogP contribution in [0, 0.1) is 0 Å². The van der Waals surface area contributed by atoms with Gasteiger partial charge in [0.15, 0.2) is 11.5 Å². The minimum absolute atomic E-state index is 0.00453. The van der Waals surface area contributed by atoms with E-state index in [0.717, 1.165) is 35.6 Å². The maximum Gasteiger partial charge on any atom is 0.264 e. The number of nitrogens with one attached hydrogen (secondary N) is 1. The minimum Gasteiger partial charge on any atom is -0.493 e. The highest BCUT2D eigenvalue weighted by molar-refractivity contribution is 7.92. The minimum atomic E-state index is -4.37. The lowest BCUT2D eigenvalue weighted by atomic mass is 10.0. The molecule has 1 aliphatic carbocycles. The van der Waals surface area contributed by atoms with Gasteiger partial charge >= 0.3 is 0 Å². The van der Waals surface area contributed by atoms with E-state index in [2.05, 4.69) is 5.32 Å². The van der Waals surface area contributed by atoms with Gasteiger partial charge in [0.05, 0.1) is 24.8 Å².